The van der Waals surface area contributed by atoms with E-state index in [0.29, 0.717) is 5.69 Å². The van der Waals surface area contributed by atoms with Crippen LogP contribution in [0.4, 0.5) is 10.1 Å². The Balaban J connectivity index is 2.50. The highest BCUT2D eigenvalue weighted by molar-refractivity contribution is 6.52. The molecule has 78 valence electrons. The molecular weight excluding hydrogens is 221 g/mol. The lowest BCUT2D eigenvalue weighted by atomic mass is 10.1. The predicted octanol–water partition coefficient (Wildman–Crippen LogP) is 1.59. The number of fused-ring (bicyclic) bond motifs is 1. The third-order valence-electron chi connectivity index (χ3n) is 2.24. The van der Waals surface area contributed by atoms with Crippen LogP contribution >= 0.6 is 11.6 Å². The molecule has 0 spiro atoms. The molecular formula is C10H7ClFNO2. The molecule has 1 aliphatic rings. The molecule has 1 heterocycles. The van der Waals surface area contributed by atoms with Crippen LogP contribution in [0.5, 0.6) is 0 Å². The number of carbonyl (C=O) groups excluding carboxylic acids is 2. The maximum absolute atomic E-state index is 12.9. The minimum atomic E-state index is -0.672. The average Bonchev–Trinajstić information content (AvgIpc) is 2.44. The summed E-state index contributed by atoms with van der Waals surface area (Å²) in [5, 5.41) is 0. The first-order chi connectivity index (χ1) is 7.15. The zero-order chi connectivity index (χ0) is 11.0. The molecule has 5 heteroatoms. The Kier molecular flexibility index (Phi) is 2.44. The zero-order valence-corrected chi connectivity index (χ0v) is 8.42. The highest BCUT2D eigenvalue weighted by atomic mass is 35.5. The number of amides is 1. The van der Waals surface area contributed by atoms with Crippen molar-refractivity contribution in [2.24, 2.45) is 0 Å². The minimum absolute atomic E-state index is 0.116. The predicted molar refractivity (Wildman–Crippen MR) is 53.8 cm³/mol. The van der Waals surface area contributed by atoms with Gasteiger partial charge in [0.1, 0.15) is 5.82 Å². The van der Waals surface area contributed by atoms with Crippen molar-refractivity contribution in [3.8, 4) is 0 Å². The number of alkyl halides is 1. The number of Topliss-reactive ketones (excluding diaryl/α,β-unsaturated/α-hetero) is 1. The summed E-state index contributed by atoms with van der Waals surface area (Å²) < 4.78 is 12.9. The number of halogens is 2. The maximum Gasteiger partial charge on any atom is 0.299 e. The Morgan fingerprint density at radius 2 is 2.07 bits per heavy atom. The second-order valence-corrected chi connectivity index (χ2v) is 3.51. The molecule has 0 unspecified atom stereocenters. The molecule has 1 amide bonds. The van der Waals surface area contributed by atoms with Gasteiger partial charge in [0, 0.05) is 12.4 Å². The van der Waals surface area contributed by atoms with Crippen molar-refractivity contribution in [1.82, 2.24) is 0 Å². The SMILES string of the molecule is O=C1C(=O)N(CCCl)c2ccc(F)cc21. The number of ketones is 1. The van der Waals surface area contributed by atoms with Gasteiger partial charge in [0.15, 0.2) is 0 Å². The van der Waals surface area contributed by atoms with Gasteiger partial charge in [-0.15, -0.1) is 11.6 Å². The van der Waals surface area contributed by atoms with Gasteiger partial charge in [0.25, 0.3) is 11.7 Å². The summed E-state index contributed by atoms with van der Waals surface area (Å²) in [5.74, 6) is -1.61. The monoisotopic (exact) mass is 227 g/mol. The zero-order valence-electron chi connectivity index (χ0n) is 7.67. The van der Waals surface area contributed by atoms with Crippen LogP contribution in [-0.2, 0) is 4.79 Å². The van der Waals surface area contributed by atoms with Crippen molar-refractivity contribution in [2.45, 2.75) is 0 Å². The fourth-order valence-electron chi connectivity index (χ4n) is 1.58. The first-order valence-corrected chi connectivity index (χ1v) is 4.90. The van der Waals surface area contributed by atoms with E-state index in [9.17, 15) is 14.0 Å². The van der Waals surface area contributed by atoms with Gasteiger partial charge >= 0.3 is 0 Å². The summed E-state index contributed by atoms with van der Waals surface area (Å²) in [6.07, 6.45) is 0. The summed E-state index contributed by atoms with van der Waals surface area (Å²) in [7, 11) is 0. The quantitative estimate of drug-likeness (QED) is 0.568. The lowest BCUT2D eigenvalue weighted by Gasteiger charge is -2.13. The van der Waals surface area contributed by atoms with E-state index in [1.54, 1.807) is 0 Å². The summed E-state index contributed by atoms with van der Waals surface area (Å²) >= 11 is 5.51. The van der Waals surface area contributed by atoms with Crippen molar-refractivity contribution in [1.29, 1.82) is 0 Å². The molecule has 0 saturated carbocycles. The number of carbonyl (C=O) groups is 2. The normalized spacial score (nSPS) is 14.7. The van der Waals surface area contributed by atoms with Crippen LogP contribution in [0.15, 0.2) is 18.2 Å². The Morgan fingerprint density at radius 1 is 1.33 bits per heavy atom. The van der Waals surface area contributed by atoms with Gasteiger partial charge in [-0.2, -0.15) is 0 Å². The smallest absolute Gasteiger partial charge is 0.299 e. The first kappa shape index (κ1) is 10.1. The van der Waals surface area contributed by atoms with E-state index in [4.69, 9.17) is 11.6 Å². The van der Waals surface area contributed by atoms with E-state index in [-0.39, 0.29) is 18.0 Å². The van der Waals surface area contributed by atoms with E-state index < -0.39 is 17.5 Å². The third-order valence-corrected chi connectivity index (χ3v) is 2.41. The highest BCUT2D eigenvalue weighted by Crippen LogP contribution is 2.29. The molecule has 0 bridgehead atoms. The summed E-state index contributed by atoms with van der Waals surface area (Å²) in [6, 6.07) is 3.70. The number of benzene rings is 1. The van der Waals surface area contributed by atoms with Crippen molar-refractivity contribution in [2.75, 3.05) is 17.3 Å². The maximum atomic E-state index is 12.9. The number of hydrogen-bond acceptors (Lipinski definition) is 2. The highest BCUT2D eigenvalue weighted by Gasteiger charge is 2.35. The van der Waals surface area contributed by atoms with E-state index in [1.807, 2.05) is 0 Å². The first-order valence-electron chi connectivity index (χ1n) is 4.37. The van der Waals surface area contributed by atoms with E-state index in [1.165, 1.54) is 17.0 Å². The second kappa shape index (κ2) is 3.62. The van der Waals surface area contributed by atoms with E-state index in [2.05, 4.69) is 0 Å². The molecule has 1 aromatic rings. The van der Waals surface area contributed by atoms with Gasteiger partial charge in [-0.05, 0) is 18.2 Å². The lowest BCUT2D eigenvalue weighted by Crippen LogP contribution is -2.31. The van der Waals surface area contributed by atoms with Crippen LogP contribution in [0.25, 0.3) is 0 Å². The Morgan fingerprint density at radius 3 is 2.73 bits per heavy atom. The molecule has 0 aromatic heterocycles. The van der Waals surface area contributed by atoms with Crippen molar-refractivity contribution < 1.29 is 14.0 Å². The molecule has 0 radical (unpaired) electrons. The van der Waals surface area contributed by atoms with Crippen molar-refractivity contribution in [3.63, 3.8) is 0 Å². The molecule has 1 aromatic carbocycles. The fourth-order valence-corrected chi connectivity index (χ4v) is 1.75. The molecule has 3 nitrogen and oxygen atoms in total. The number of hydrogen-bond donors (Lipinski definition) is 0. The summed E-state index contributed by atoms with van der Waals surface area (Å²) in [6.45, 7) is 0.255. The van der Waals surface area contributed by atoms with Crippen molar-refractivity contribution in [3.05, 3.63) is 29.6 Å². The minimum Gasteiger partial charge on any atom is -0.304 e. The average molecular weight is 228 g/mol. The molecule has 15 heavy (non-hydrogen) atoms. The van der Waals surface area contributed by atoms with Gasteiger partial charge in [-0.1, -0.05) is 0 Å². The third kappa shape index (κ3) is 1.51. The molecule has 0 atom stereocenters. The van der Waals surface area contributed by atoms with Crippen molar-refractivity contribution >= 4 is 29.0 Å². The fraction of sp³-hybridized carbons (Fsp3) is 0.200. The second-order valence-electron chi connectivity index (χ2n) is 3.14. The molecule has 1 aliphatic heterocycles. The number of rotatable bonds is 2. The van der Waals surface area contributed by atoms with Gasteiger partial charge in [-0.3, -0.25) is 9.59 Å². The topological polar surface area (TPSA) is 37.4 Å². The van der Waals surface area contributed by atoms with Crippen LogP contribution in [-0.4, -0.2) is 24.1 Å². The number of anilines is 1. The van der Waals surface area contributed by atoms with Gasteiger partial charge in [0.05, 0.1) is 11.3 Å². The van der Waals surface area contributed by atoms with Crippen LogP contribution < -0.4 is 4.90 Å². The molecule has 0 N–H and O–H groups in total. The molecule has 0 fully saturated rings. The largest absolute Gasteiger partial charge is 0.304 e. The molecule has 0 aliphatic carbocycles. The van der Waals surface area contributed by atoms with Crippen LogP contribution in [0, 0.1) is 5.82 Å². The van der Waals surface area contributed by atoms with Gasteiger partial charge in [0.2, 0.25) is 0 Å². The lowest BCUT2D eigenvalue weighted by molar-refractivity contribution is -0.114. The standard InChI is InChI=1S/C10H7ClFNO2/c11-3-4-13-8-2-1-6(12)5-7(8)9(14)10(13)15/h1-2,5H,3-4H2. The van der Waals surface area contributed by atoms with Gasteiger partial charge in [-0.25, -0.2) is 4.39 Å². The van der Waals surface area contributed by atoms with E-state index >= 15 is 0 Å². The Labute approximate surface area is 90.4 Å². The van der Waals surface area contributed by atoms with Gasteiger partial charge < -0.3 is 4.90 Å². The summed E-state index contributed by atoms with van der Waals surface area (Å²) in [4.78, 5) is 24.2. The molecule has 0 saturated heterocycles. The van der Waals surface area contributed by atoms with Crippen LogP contribution in [0.1, 0.15) is 10.4 Å². The van der Waals surface area contributed by atoms with Crippen LogP contribution in [0.3, 0.4) is 0 Å². The van der Waals surface area contributed by atoms with Crippen LogP contribution in [0.2, 0.25) is 0 Å². The molecule has 2 rings (SSSR count). The number of nitrogens with zero attached hydrogens (tertiary/aromatic N) is 1. The summed E-state index contributed by atoms with van der Waals surface area (Å²) in [5.41, 5.74) is 0.553. The Hall–Kier alpha value is -1.42. The van der Waals surface area contributed by atoms with E-state index in [0.717, 1.165) is 6.07 Å². The Bertz CT molecular complexity index is 447.